The average molecular weight is 334 g/mol. The van der Waals surface area contributed by atoms with Crippen LogP contribution in [0.3, 0.4) is 0 Å². The second kappa shape index (κ2) is 5.92. The number of benzene rings is 2. The van der Waals surface area contributed by atoms with E-state index < -0.39 is 6.36 Å². The summed E-state index contributed by atoms with van der Waals surface area (Å²) in [5.74, 6) is -0.682. The Morgan fingerprint density at radius 1 is 1.08 bits per heavy atom. The normalized spacial score (nSPS) is 11.5. The summed E-state index contributed by atoms with van der Waals surface area (Å²) in [5, 5.41) is 3.45. The summed E-state index contributed by atoms with van der Waals surface area (Å²) in [5.41, 5.74) is 2.43. The predicted molar refractivity (Wildman–Crippen MR) is 84.1 cm³/mol. The van der Waals surface area contributed by atoms with Crippen LogP contribution >= 0.6 is 0 Å². The average Bonchev–Trinajstić information content (AvgIpc) is 2.83. The summed E-state index contributed by atoms with van der Waals surface area (Å²) in [6.07, 6.45) is -4.74. The fourth-order valence-corrected chi connectivity index (χ4v) is 2.50. The van der Waals surface area contributed by atoms with Crippen molar-refractivity contribution in [2.75, 3.05) is 5.32 Å². The molecule has 1 heterocycles. The van der Waals surface area contributed by atoms with Crippen LogP contribution in [0.5, 0.6) is 5.75 Å². The lowest BCUT2D eigenvalue weighted by atomic mass is 10.1. The summed E-state index contributed by atoms with van der Waals surface area (Å²) in [7, 11) is 0. The lowest BCUT2D eigenvalue weighted by molar-refractivity contribution is -0.274. The molecule has 4 nitrogen and oxygen atoms in total. The first kappa shape index (κ1) is 15.9. The Morgan fingerprint density at radius 3 is 2.42 bits per heavy atom. The lowest BCUT2D eigenvalue weighted by Gasteiger charge is -2.10. The van der Waals surface area contributed by atoms with Crippen LogP contribution in [-0.4, -0.2) is 17.3 Å². The van der Waals surface area contributed by atoms with Crippen molar-refractivity contribution in [1.82, 2.24) is 4.98 Å². The van der Waals surface area contributed by atoms with Crippen LogP contribution in [0.4, 0.5) is 18.9 Å². The Kier molecular flexibility index (Phi) is 3.92. The number of ether oxygens (including phenoxy) is 1. The van der Waals surface area contributed by atoms with E-state index in [0.29, 0.717) is 16.9 Å². The fraction of sp³-hybridized carbons (Fsp3) is 0.118. The minimum absolute atomic E-state index is 0.338. The first-order chi connectivity index (χ1) is 11.3. The summed E-state index contributed by atoms with van der Waals surface area (Å²) in [4.78, 5) is 15.6. The number of nitrogens with one attached hydrogen (secondary N) is 2. The van der Waals surface area contributed by atoms with Gasteiger partial charge >= 0.3 is 6.36 Å². The third-order valence-electron chi connectivity index (χ3n) is 3.47. The van der Waals surface area contributed by atoms with Crippen LogP contribution in [0.1, 0.15) is 16.1 Å². The van der Waals surface area contributed by atoms with Gasteiger partial charge in [0.1, 0.15) is 5.75 Å². The van der Waals surface area contributed by atoms with Gasteiger partial charge in [-0.05, 0) is 37.3 Å². The fourth-order valence-electron chi connectivity index (χ4n) is 2.50. The number of hydrogen-bond acceptors (Lipinski definition) is 2. The van der Waals surface area contributed by atoms with Gasteiger partial charge in [-0.25, -0.2) is 0 Å². The molecule has 0 radical (unpaired) electrons. The topological polar surface area (TPSA) is 54.1 Å². The van der Waals surface area contributed by atoms with Crippen molar-refractivity contribution in [2.45, 2.75) is 13.3 Å². The Bertz CT molecular complexity index is 883. The van der Waals surface area contributed by atoms with Gasteiger partial charge in [-0.1, -0.05) is 18.2 Å². The van der Waals surface area contributed by atoms with Gasteiger partial charge in [0.25, 0.3) is 5.91 Å². The number of aromatic amines is 1. The number of hydrogen-bond donors (Lipinski definition) is 2. The van der Waals surface area contributed by atoms with Crippen LogP contribution in [0.25, 0.3) is 10.9 Å². The Balaban J connectivity index is 1.80. The van der Waals surface area contributed by atoms with Crippen molar-refractivity contribution in [3.05, 3.63) is 59.8 Å². The second-order valence-electron chi connectivity index (χ2n) is 5.20. The standard InChI is InChI=1S/C17H13F3N2O2/c1-10-15(13-4-2-3-5-14(13)21-10)16(23)22-11-6-8-12(9-7-11)24-17(18,19)20/h2-9,21H,1H3,(H,22,23). The molecule has 7 heteroatoms. The maximum Gasteiger partial charge on any atom is 0.573 e. The molecule has 1 aromatic heterocycles. The highest BCUT2D eigenvalue weighted by Crippen LogP contribution is 2.26. The highest BCUT2D eigenvalue weighted by Gasteiger charge is 2.31. The summed E-state index contributed by atoms with van der Waals surface area (Å²) < 4.78 is 40.2. The Labute approximate surface area is 135 Å². The molecule has 0 aliphatic heterocycles. The van der Waals surface area contributed by atoms with Crippen LogP contribution in [0.15, 0.2) is 48.5 Å². The maximum absolute atomic E-state index is 12.5. The van der Waals surface area contributed by atoms with Gasteiger partial charge in [-0.2, -0.15) is 0 Å². The molecule has 0 spiro atoms. The van der Waals surface area contributed by atoms with Gasteiger partial charge in [-0.15, -0.1) is 13.2 Å². The smallest absolute Gasteiger partial charge is 0.406 e. The van der Waals surface area contributed by atoms with Crippen LogP contribution in [-0.2, 0) is 0 Å². The van der Waals surface area contributed by atoms with Crippen LogP contribution in [0, 0.1) is 6.92 Å². The van der Waals surface area contributed by atoms with Gasteiger partial charge in [0.15, 0.2) is 0 Å². The van der Waals surface area contributed by atoms with E-state index in [2.05, 4.69) is 15.0 Å². The van der Waals surface area contributed by atoms with E-state index in [-0.39, 0.29) is 11.7 Å². The first-order valence-corrected chi connectivity index (χ1v) is 7.08. The molecular weight excluding hydrogens is 321 g/mol. The third-order valence-corrected chi connectivity index (χ3v) is 3.47. The van der Waals surface area contributed by atoms with Crippen molar-refractivity contribution in [3.8, 4) is 5.75 Å². The molecule has 0 saturated carbocycles. The van der Waals surface area contributed by atoms with Crippen molar-refractivity contribution >= 4 is 22.5 Å². The molecule has 24 heavy (non-hydrogen) atoms. The zero-order valence-electron chi connectivity index (χ0n) is 12.6. The van der Waals surface area contributed by atoms with Gasteiger partial charge in [0.05, 0.1) is 5.56 Å². The summed E-state index contributed by atoms with van der Waals surface area (Å²) in [6, 6.07) is 12.4. The molecule has 0 aliphatic carbocycles. The molecule has 1 amide bonds. The van der Waals surface area contributed by atoms with E-state index in [4.69, 9.17) is 0 Å². The van der Waals surface area contributed by atoms with E-state index in [9.17, 15) is 18.0 Å². The van der Waals surface area contributed by atoms with E-state index in [1.165, 1.54) is 12.1 Å². The van der Waals surface area contributed by atoms with Crippen LogP contribution in [0.2, 0.25) is 0 Å². The molecule has 0 bridgehead atoms. The molecular formula is C17H13F3N2O2. The van der Waals surface area contributed by atoms with E-state index in [1.807, 2.05) is 24.3 Å². The molecule has 0 unspecified atom stereocenters. The largest absolute Gasteiger partial charge is 0.573 e. The SMILES string of the molecule is Cc1[nH]c2ccccc2c1C(=O)Nc1ccc(OC(F)(F)F)cc1. The number of alkyl halides is 3. The Morgan fingerprint density at radius 2 is 1.75 bits per heavy atom. The number of para-hydroxylation sites is 1. The molecule has 3 rings (SSSR count). The van der Waals surface area contributed by atoms with Gasteiger partial charge in [0, 0.05) is 22.3 Å². The van der Waals surface area contributed by atoms with Gasteiger partial charge in [-0.3, -0.25) is 4.79 Å². The van der Waals surface area contributed by atoms with Crippen molar-refractivity contribution in [2.24, 2.45) is 0 Å². The number of carbonyl (C=O) groups is 1. The molecule has 2 N–H and O–H groups in total. The third kappa shape index (κ3) is 3.34. The van der Waals surface area contributed by atoms with E-state index >= 15 is 0 Å². The number of aromatic nitrogens is 1. The minimum atomic E-state index is -4.74. The number of amides is 1. The molecule has 124 valence electrons. The number of fused-ring (bicyclic) bond motifs is 1. The number of H-pyrrole nitrogens is 1. The molecule has 3 aromatic rings. The number of aryl methyl sites for hydroxylation is 1. The molecule has 0 fully saturated rings. The van der Waals surface area contributed by atoms with Crippen molar-refractivity contribution < 1.29 is 22.7 Å². The van der Waals surface area contributed by atoms with E-state index in [1.54, 1.807) is 6.92 Å². The lowest BCUT2D eigenvalue weighted by Crippen LogP contribution is -2.17. The van der Waals surface area contributed by atoms with Crippen LogP contribution < -0.4 is 10.1 Å². The zero-order valence-corrected chi connectivity index (χ0v) is 12.6. The summed E-state index contributed by atoms with van der Waals surface area (Å²) in [6.45, 7) is 1.79. The highest BCUT2D eigenvalue weighted by molar-refractivity contribution is 6.13. The van der Waals surface area contributed by atoms with E-state index in [0.717, 1.165) is 23.0 Å². The Hall–Kier alpha value is -2.96. The molecule has 2 aromatic carbocycles. The second-order valence-corrected chi connectivity index (χ2v) is 5.20. The number of rotatable bonds is 3. The monoisotopic (exact) mass is 334 g/mol. The number of halogens is 3. The predicted octanol–water partition coefficient (Wildman–Crippen LogP) is 4.63. The molecule has 0 atom stereocenters. The molecule has 0 aliphatic rings. The van der Waals surface area contributed by atoms with Gasteiger partial charge in [0.2, 0.25) is 0 Å². The van der Waals surface area contributed by atoms with Crippen molar-refractivity contribution in [1.29, 1.82) is 0 Å². The van der Waals surface area contributed by atoms with Gasteiger partial charge < -0.3 is 15.0 Å². The first-order valence-electron chi connectivity index (χ1n) is 7.08. The molecule has 0 saturated heterocycles. The number of anilines is 1. The number of carbonyl (C=O) groups excluding carboxylic acids is 1. The maximum atomic E-state index is 12.5. The minimum Gasteiger partial charge on any atom is -0.406 e. The van der Waals surface area contributed by atoms with Crippen molar-refractivity contribution in [3.63, 3.8) is 0 Å². The zero-order chi connectivity index (χ0) is 17.3. The summed E-state index contributed by atoms with van der Waals surface area (Å²) >= 11 is 0. The quantitative estimate of drug-likeness (QED) is 0.734. The highest BCUT2D eigenvalue weighted by atomic mass is 19.4.